The molecule has 0 saturated heterocycles. The summed E-state index contributed by atoms with van der Waals surface area (Å²) < 4.78 is 0. The minimum Gasteiger partial charge on any atom is -0.376 e. The van der Waals surface area contributed by atoms with E-state index in [1.165, 1.54) is 0 Å². The van der Waals surface area contributed by atoms with E-state index in [1.54, 1.807) is 24.3 Å². The summed E-state index contributed by atoms with van der Waals surface area (Å²) in [6.45, 7) is 6.26. The van der Waals surface area contributed by atoms with Gasteiger partial charge in [0.15, 0.2) is 0 Å². The van der Waals surface area contributed by atoms with Gasteiger partial charge < -0.3 is 21.7 Å². The van der Waals surface area contributed by atoms with Gasteiger partial charge in [-0.1, -0.05) is 26.0 Å². The number of anilines is 1. The number of carbonyl (C=O) groups is 3. The van der Waals surface area contributed by atoms with Crippen molar-refractivity contribution in [2.75, 3.05) is 18.4 Å². The van der Waals surface area contributed by atoms with Gasteiger partial charge in [0.2, 0.25) is 11.8 Å². The molecule has 1 rings (SSSR count). The van der Waals surface area contributed by atoms with Gasteiger partial charge in [-0.2, -0.15) is 0 Å². The molecule has 7 nitrogen and oxygen atoms in total. The highest BCUT2D eigenvalue weighted by Crippen LogP contribution is 2.14. The Morgan fingerprint density at radius 1 is 1.12 bits per heavy atom. The zero-order valence-corrected chi connectivity index (χ0v) is 14.4. The maximum atomic E-state index is 12.2. The van der Waals surface area contributed by atoms with Crippen LogP contribution in [0.3, 0.4) is 0 Å². The van der Waals surface area contributed by atoms with Crippen LogP contribution in [-0.4, -0.2) is 36.9 Å². The number of benzene rings is 1. The number of nitrogens with one attached hydrogen (secondary N) is 3. The van der Waals surface area contributed by atoms with Crippen LogP contribution in [0.15, 0.2) is 24.3 Å². The standard InChI is InChI=1S/C17H26N4O3/c1-11(2)12(3)21-16(23)10-20-14-7-5-4-6-13(14)17(24)19-9-8-15(18)22/h4-7,11-12,20H,8-10H2,1-3H3,(H2,18,22)(H,19,24)(H,21,23)/t12-/m0/s1. The Morgan fingerprint density at radius 2 is 1.79 bits per heavy atom. The van der Waals surface area contributed by atoms with Crippen LogP contribution in [0, 0.1) is 5.92 Å². The second kappa shape index (κ2) is 9.54. The predicted molar refractivity (Wildman–Crippen MR) is 93.5 cm³/mol. The smallest absolute Gasteiger partial charge is 0.253 e. The van der Waals surface area contributed by atoms with Gasteiger partial charge in [0.25, 0.3) is 5.91 Å². The first-order valence-corrected chi connectivity index (χ1v) is 8.00. The van der Waals surface area contributed by atoms with Crippen molar-refractivity contribution >= 4 is 23.4 Å². The van der Waals surface area contributed by atoms with Gasteiger partial charge in [0, 0.05) is 24.7 Å². The molecule has 0 unspecified atom stereocenters. The normalized spacial score (nSPS) is 11.7. The Kier molecular flexibility index (Phi) is 7.74. The first-order chi connectivity index (χ1) is 11.3. The number of hydrogen-bond acceptors (Lipinski definition) is 4. The average Bonchev–Trinajstić information content (AvgIpc) is 2.52. The first kappa shape index (κ1) is 19.5. The lowest BCUT2D eigenvalue weighted by molar-refractivity contribution is -0.120. The molecule has 0 fully saturated rings. The van der Waals surface area contributed by atoms with E-state index in [2.05, 4.69) is 16.0 Å². The zero-order valence-electron chi connectivity index (χ0n) is 14.4. The molecule has 0 aliphatic carbocycles. The summed E-state index contributed by atoms with van der Waals surface area (Å²) in [7, 11) is 0. The van der Waals surface area contributed by atoms with E-state index in [9.17, 15) is 14.4 Å². The minimum absolute atomic E-state index is 0.0721. The number of carbonyl (C=O) groups excluding carboxylic acids is 3. The molecule has 0 spiro atoms. The molecule has 3 amide bonds. The van der Waals surface area contributed by atoms with Gasteiger partial charge in [0.1, 0.15) is 0 Å². The van der Waals surface area contributed by atoms with Crippen molar-refractivity contribution in [3.05, 3.63) is 29.8 Å². The molecule has 0 saturated carbocycles. The lowest BCUT2D eigenvalue weighted by Gasteiger charge is -2.18. The number of primary amides is 1. The van der Waals surface area contributed by atoms with E-state index in [1.807, 2.05) is 20.8 Å². The zero-order chi connectivity index (χ0) is 18.1. The molecule has 0 aliphatic rings. The number of nitrogens with two attached hydrogens (primary N) is 1. The van der Waals surface area contributed by atoms with Crippen LogP contribution in [0.25, 0.3) is 0 Å². The Morgan fingerprint density at radius 3 is 2.42 bits per heavy atom. The fraction of sp³-hybridized carbons (Fsp3) is 0.471. The summed E-state index contributed by atoms with van der Waals surface area (Å²) in [5.74, 6) is -0.592. The van der Waals surface area contributed by atoms with Crippen LogP contribution >= 0.6 is 0 Å². The highest BCUT2D eigenvalue weighted by atomic mass is 16.2. The van der Waals surface area contributed by atoms with Crippen LogP contribution in [0.5, 0.6) is 0 Å². The van der Waals surface area contributed by atoms with Gasteiger partial charge in [-0.25, -0.2) is 0 Å². The first-order valence-electron chi connectivity index (χ1n) is 8.00. The third-order valence-corrected chi connectivity index (χ3v) is 3.66. The lowest BCUT2D eigenvalue weighted by Crippen LogP contribution is -2.39. The highest BCUT2D eigenvalue weighted by molar-refractivity contribution is 6.00. The van der Waals surface area contributed by atoms with Crippen LogP contribution < -0.4 is 21.7 Å². The molecule has 5 N–H and O–H groups in total. The molecule has 0 bridgehead atoms. The third kappa shape index (κ3) is 6.68. The topological polar surface area (TPSA) is 113 Å². The molecule has 0 aliphatic heterocycles. The second-order valence-electron chi connectivity index (χ2n) is 5.97. The molecule has 132 valence electrons. The molecule has 0 heterocycles. The van der Waals surface area contributed by atoms with Gasteiger partial charge >= 0.3 is 0 Å². The van der Waals surface area contributed by atoms with Crippen molar-refractivity contribution in [1.29, 1.82) is 0 Å². The van der Waals surface area contributed by atoms with Gasteiger partial charge in [-0.15, -0.1) is 0 Å². The number of amides is 3. The van der Waals surface area contributed by atoms with Crippen molar-refractivity contribution in [3.8, 4) is 0 Å². The fourth-order valence-corrected chi connectivity index (χ4v) is 1.88. The molecule has 1 aromatic rings. The van der Waals surface area contributed by atoms with Crippen molar-refractivity contribution < 1.29 is 14.4 Å². The van der Waals surface area contributed by atoms with E-state index < -0.39 is 5.91 Å². The monoisotopic (exact) mass is 334 g/mol. The molecule has 24 heavy (non-hydrogen) atoms. The van der Waals surface area contributed by atoms with E-state index in [0.29, 0.717) is 17.2 Å². The summed E-state index contributed by atoms with van der Waals surface area (Å²) in [6, 6.07) is 6.96. The summed E-state index contributed by atoms with van der Waals surface area (Å²) in [5, 5.41) is 8.49. The number of hydrogen-bond donors (Lipinski definition) is 4. The van der Waals surface area contributed by atoms with Crippen LogP contribution in [-0.2, 0) is 9.59 Å². The van der Waals surface area contributed by atoms with Crippen LogP contribution in [0.4, 0.5) is 5.69 Å². The Labute approximate surface area is 142 Å². The maximum Gasteiger partial charge on any atom is 0.253 e. The Balaban J connectivity index is 2.61. The molecule has 0 radical (unpaired) electrons. The van der Waals surface area contributed by atoms with E-state index in [-0.39, 0.29) is 37.4 Å². The van der Waals surface area contributed by atoms with E-state index in [4.69, 9.17) is 5.73 Å². The molecule has 0 aromatic heterocycles. The molecule has 7 heteroatoms. The molecular weight excluding hydrogens is 308 g/mol. The van der Waals surface area contributed by atoms with Crippen molar-refractivity contribution in [3.63, 3.8) is 0 Å². The summed E-state index contributed by atoms with van der Waals surface area (Å²) >= 11 is 0. The van der Waals surface area contributed by atoms with Crippen molar-refractivity contribution in [2.45, 2.75) is 33.2 Å². The largest absolute Gasteiger partial charge is 0.376 e. The number of para-hydroxylation sites is 1. The fourth-order valence-electron chi connectivity index (χ4n) is 1.88. The maximum absolute atomic E-state index is 12.2. The second-order valence-corrected chi connectivity index (χ2v) is 5.97. The molecular formula is C17H26N4O3. The van der Waals surface area contributed by atoms with Crippen LogP contribution in [0.1, 0.15) is 37.6 Å². The Hall–Kier alpha value is -2.57. The highest BCUT2D eigenvalue weighted by Gasteiger charge is 2.13. The molecule has 1 aromatic carbocycles. The summed E-state index contributed by atoms with van der Waals surface area (Å²) in [4.78, 5) is 34.8. The van der Waals surface area contributed by atoms with Crippen molar-refractivity contribution in [1.82, 2.24) is 10.6 Å². The SMILES string of the molecule is CC(C)[C@H](C)NC(=O)CNc1ccccc1C(=O)NCCC(N)=O. The summed E-state index contributed by atoms with van der Waals surface area (Å²) in [6.07, 6.45) is 0.0802. The molecule has 1 atom stereocenters. The van der Waals surface area contributed by atoms with Crippen molar-refractivity contribution in [2.24, 2.45) is 11.7 Å². The average molecular weight is 334 g/mol. The summed E-state index contributed by atoms with van der Waals surface area (Å²) in [5.41, 5.74) is 6.01. The van der Waals surface area contributed by atoms with Gasteiger partial charge in [-0.05, 0) is 25.0 Å². The van der Waals surface area contributed by atoms with Crippen LogP contribution in [0.2, 0.25) is 0 Å². The third-order valence-electron chi connectivity index (χ3n) is 3.66. The quantitative estimate of drug-likeness (QED) is 0.536. The van der Waals surface area contributed by atoms with Gasteiger partial charge in [-0.3, -0.25) is 14.4 Å². The predicted octanol–water partition coefficient (Wildman–Crippen LogP) is 0.864. The van der Waals surface area contributed by atoms with E-state index in [0.717, 1.165) is 0 Å². The van der Waals surface area contributed by atoms with E-state index >= 15 is 0 Å². The number of rotatable bonds is 9. The minimum atomic E-state index is -0.474. The van der Waals surface area contributed by atoms with Gasteiger partial charge in [0.05, 0.1) is 12.1 Å². The Bertz CT molecular complexity index is 587. The lowest BCUT2D eigenvalue weighted by atomic mass is 10.1.